The molecule has 0 bridgehead atoms. The third kappa shape index (κ3) is 8.43. The van der Waals surface area contributed by atoms with E-state index in [1.54, 1.807) is 0 Å². The standard InChI is InChI=1S/C21H33N3O3/c1-16-7-9-18(10-8-16)23-19(25)6-5-12-24-13-11-17(15-24)14-22-20(26)27-21(2,3)4/h7-10,17H,5-6,11-15H2,1-4H3,(H,22,26)(H,23,25). The quantitative estimate of drug-likeness (QED) is 0.764. The molecular weight excluding hydrogens is 342 g/mol. The fraction of sp³-hybridized carbons (Fsp3) is 0.619. The van der Waals surface area contributed by atoms with Crippen LogP contribution in [0.5, 0.6) is 0 Å². The maximum absolute atomic E-state index is 12.0. The van der Waals surface area contributed by atoms with Crippen LogP contribution in [-0.2, 0) is 9.53 Å². The van der Waals surface area contributed by atoms with E-state index in [0.29, 0.717) is 18.9 Å². The van der Waals surface area contributed by atoms with E-state index in [1.807, 2.05) is 52.0 Å². The summed E-state index contributed by atoms with van der Waals surface area (Å²) < 4.78 is 5.26. The van der Waals surface area contributed by atoms with Gasteiger partial charge in [-0.1, -0.05) is 17.7 Å². The zero-order chi connectivity index (χ0) is 19.9. The molecule has 1 aromatic rings. The molecule has 2 amide bonds. The lowest BCUT2D eigenvalue weighted by molar-refractivity contribution is -0.116. The summed E-state index contributed by atoms with van der Waals surface area (Å²) in [4.78, 5) is 26.1. The Kier molecular flexibility index (Phi) is 7.66. The average molecular weight is 376 g/mol. The van der Waals surface area contributed by atoms with E-state index in [0.717, 1.165) is 38.2 Å². The van der Waals surface area contributed by atoms with Gasteiger partial charge in [-0.15, -0.1) is 0 Å². The normalized spacial score (nSPS) is 17.6. The highest BCUT2D eigenvalue weighted by Gasteiger charge is 2.23. The summed E-state index contributed by atoms with van der Waals surface area (Å²) in [6.45, 7) is 11.1. The van der Waals surface area contributed by atoms with Crippen molar-refractivity contribution in [3.05, 3.63) is 29.8 Å². The zero-order valence-electron chi connectivity index (χ0n) is 17.0. The second-order valence-electron chi connectivity index (χ2n) is 8.36. The molecule has 0 aromatic heterocycles. The molecule has 150 valence electrons. The number of hydrogen-bond acceptors (Lipinski definition) is 4. The zero-order valence-corrected chi connectivity index (χ0v) is 17.0. The van der Waals surface area contributed by atoms with Crippen LogP contribution in [0.25, 0.3) is 0 Å². The van der Waals surface area contributed by atoms with Crippen LogP contribution in [0.15, 0.2) is 24.3 Å². The molecule has 0 saturated carbocycles. The Bertz CT molecular complexity index is 623. The molecule has 1 atom stereocenters. The van der Waals surface area contributed by atoms with Gasteiger partial charge in [-0.05, 0) is 71.7 Å². The number of aryl methyl sites for hydroxylation is 1. The minimum Gasteiger partial charge on any atom is -0.444 e. The molecule has 2 rings (SSSR count). The Labute approximate surface area is 162 Å². The monoisotopic (exact) mass is 375 g/mol. The van der Waals surface area contributed by atoms with Crippen molar-refractivity contribution in [2.24, 2.45) is 5.92 Å². The number of benzene rings is 1. The highest BCUT2D eigenvalue weighted by Crippen LogP contribution is 2.16. The maximum Gasteiger partial charge on any atom is 0.407 e. The van der Waals surface area contributed by atoms with Gasteiger partial charge in [-0.3, -0.25) is 4.79 Å². The molecule has 1 saturated heterocycles. The molecular formula is C21H33N3O3. The van der Waals surface area contributed by atoms with Crippen molar-refractivity contribution in [1.29, 1.82) is 0 Å². The topological polar surface area (TPSA) is 70.7 Å². The number of alkyl carbamates (subject to hydrolysis) is 1. The predicted octanol–water partition coefficient (Wildman–Crippen LogP) is 3.56. The van der Waals surface area contributed by atoms with Gasteiger partial charge in [0.25, 0.3) is 0 Å². The van der Waals surface area contributed by atoms with Crippen LogP contribution in [-0.4, -0.2) is 48.7 Å². The first-order chi connectivity index (χ1) is 12.7. The first-order valence-electron chi connectivity index (χ1n) is 9.77. The lowest BCUT2D eigenvalue weighted by Gasteiger charge is -2.21. The third-order valence-electron chi connectivity index (χ3n) is 4.52. The third-order valence-corrected chi connectivity index (χ3v) is 4.52. The van der Waals surface area contributed by atoms with Crippen LogP contribution in [0.1, 0.15) is 45.6 Å². The van der Waals surface area contributed by atoms with Gasteiger partial charge in [0.2, 0.25) is 5.91 Å². The Hall–Kier alpha value is -2.08. The highest BCUT2D eigenvalue weighted by molar-refractivity contribution is 5.90. The van der Waals surface area contributed by atoms with Gasteiger partial charge in [0.1, 0.15) is 5.60 Å². The molecule has 6 nitrogen and oxygen atoms in total. The summed E-state index contributed by atoms with van der Waals surface area (Å²) in [6, 6.07) is 7.84. The van der Waals surface area contributed by atoms with Crippen LogP contribution in [0, 0.1) is 12.8 Å². The van der Waals surface area contributed by atoms with Crippen molar-refractivity contribution in [3.63, 3.8) is 0 Å². The molecule has 6 heteroatoms. The Balaban J connectivity index is 1.59. The first kappa shape index (κ1) is 21.2. The van der Waals surface area contributed by atoms with Crippen LogP contribution < -0.4 is 10.6 Å². The van der Waals surface area contributed by atoms with Crippen molar-refractivity contribution in [2.45, 2.75) is 52.6 Å². The maximum atomic E-state index is 12.0. The van der Waals surface area contributed by atoms with Gasteiger partial charge >= 0.3 is 6.09 Å². The van der Waals surface area contributed by atoms with Crippen molar-refractivity contribution < 1.29 is 14.3 Å². The van der Waals surface area contributed by atoms with Crippen molar-refractivity contribution >= 4 is 17.7 Å². The molecule has 1 aliphatic heterocycles. The number of ether oxygens (including phenoxy) is 1. The molecule has 1 fully saturated rings. The molecule has 0 radical (unpaired) electrons. The van der Waals surface area contributed by atoms with Crippen LogP contribution in [0.2, 0.25) is 0 Å². The Morgan fingerprint density at radius 1 is 1.22 bits per heavy atom. The fourth-order valence-electron chi connectivity index (χ4n) is 3.15. The largest absolute Gasteiger partial charge is 0.444 e. The Morgan fingerprint density at radius 2 is 1.93 bits per heavy atom. The minimum atomic E-state index is -0.467. The molecule has 1 aliphatic rings. The highest BCUT2D eigenvalue weighted by atomic mass is 16.6. The Morgan fingerprint density at radius 3 is 2.59 bits per heavy atom. The summed E-state index contributed by atoms with van der Waals surface area (Å²) in [5.41, 5.74) is 1.56. The van der Waals surface area contributed by atoms with E-state index in [4.69, 9.17) is 4.74 Å². The van der Waals surface area contributed by atoms with Gasteiger partial charge in [-0.25, -0.2) is 4.79 Å². The van der Waals surface area contributed by atoms with E-state index in [9.17, 15) is 9.59 Å². The van der Waals surface area contributed by atoms with E-state index in [2.05, 4.69) is 15.5 Å². The molecule has 1 heterocycles. The number of rotatable bonds is 7. The van der Waals surface area contributed by atoms with Gasteiger partial charge in [0, 0.05) is 25.2 Å². The van der Waals surface area contributed by atoms with Gasteiger partial charge in [0.05, 0.1) is 0 Å². The second kappa shape index (κ2) is 9.74. The summed E-state index contributed by atoms with van der Waals surface area (Å²) >= 11 is 0. The van der Waals surface area contributed by atoms with Crippen molar-refractivity contribution in [3.8, 4) is 0 Å². The van der Waals surface area contributed by atoms with Gasteiger partial charge in [0.15, 0.2) is 0 Å². The lowest BCUT2D eigenvalue weighted by atomic mass is 10.1. The van der Waals surface area contributed by atoms with E-state index in [1.165, 1.54) is 5.56 Å². The average Bonchev–Trinajstić information content (AvgIpc) is 3.01. The predicted molar refractivity (Wildman–Crippen MR) is 108 cm³/mol. The number of hydrogen-bond donors (Lipinski definition) is 2. The van der Waals surface area contributed by atoms with Crippen LogP contribution >= 0.6 is 0 Å². The number of likely N-dealkylation sites (tertiary alicyclic amines) is 1. The number of amides is 2. The lowest BCUT2D eigenvalue weighted by Crippen LogP contribution is -2.36. The number of carbonyl (C=O) groups is 2. The molecule has 0 spiro atoms. The van der Waals surface area contributed by atoms with Crippen molar-refractivity contribution in [2.75, 3.05) is 31.5 Å². The van der Waals surface area contributed by atoms with Gasteiger partial charge in [-0.2, -0.15) is 0 Å². The summed E-state index contributed by atoms with van der Waals surface area (Å²) in [7, 11) is 0. The molecule has 27 heavy (non-hydrogen) atoms. The fourth-order valence-corrected chi connectivity index (χ4v) is 3.15. The molecule has 1 unspecified atom stereocenters. The molecule has 0 aliphatic carbocycles. The summed E-state index contributed by atoms with van der Waals surface area (Å²) in [5.74, 6) is 0.500. The summed E-state index contributed by atoms with van der Waals surface area (Å²) in [5, 5.41) is 5.79. The number of nitrogens with one attached hydrogen (secondary N) is 2. The van der Waals surface area contributed by atoms with E-state index >= 15 is 0 Å². The number of carbonyl (C=O) groups excluding carboxylic acids is 2. The second-order valence-corrected chi connectivity index (χ2v) is 8.36. The van der Waals surface area contributed by atoms with Crippen LogP contribution in [0.3, 0.4) is 0 Å². The number of nitrogens with zero attached hydrogens (tertiary/aromatic N) is 1. The van der Waals surface area contributed by atoms with Crippen molar-refractivity contribution in [1.82, 2.24) is 10.2 Å². The number of anilines is 1. The smallest absolute Gasteiger partial charge is 0.407 e. The van der Waals surface area contributed by atoms with E-state index in [-0.39, 0.29) is 12.0 Å². The summed E-state index contributed by atoms with van der Waals surface area (Å²) in [6.07, 6.45) is 2.06. The minimum absolute atomic E-state index is 0.0567. The first-order valence-corrected chi connectivity index (χ1v) is 9.77. The van der Waals surface area contributed by atoms with Gasteiger partial charge < -0.3 is 20.3 Å². The SMILES string of the molecule is Cc1ccc(NC(=O)CCCN2CCC(CNC(=O)OC(C)(C)C)C2)cc1. The molecule has 1 aromatic carbocycles. The van der Waals surface area contributed by atoms with E-state index < -0.39 is 5.60 Å². The molecule has 2 N–H and O–H groups in total. The van der Waals surface area contributed by atoms with Crippen LogP contribution in [0.4, 0.5) is 10.5 Å².